The van der Waals surface area contributed by atoms with Gasteiger partial charge in [-0.1, -0.05) is 12.8 Å². The van der Waals surface area contributed by atoms with Gasteiger partial charge in [0.05, 0.1) is 0 Å². The number of hydrogen-bond donors (Lipinski definition) is 2. The van der Waals surface area contributed by atoms with E-state index in [0.29, 0.717) is 18.2 Å². The van der Waals surface area contributed by atoms with Gasteiger partial charge in [-0.05, 0) is 18.8 Å². The molecule has 0 bridgehead atoms. The first-order chi connectivity index (χ1) is 8.28. The first-order valence-corrected chi connectivity index (χ1v) is 6.14. The number of nitrogens with one attached hydrogen (secondary N) is 1. The minimum Gasteiger partial charge on any atom is -0.384 e. The Bertz CT molecular complexity index is 364. The highest BCUT2D eigenvalue weighted by Gasteiger charge is 2.14. The largest absolute Gasteiger partial charge is 0.384 e. The van der Waals surface area contributed by atoms with Gasteiger partial charge in [0.25, 0.3) is 0 Å². The lowest BCUT2D eigenvalue weighted by Gasteiger charge is -2.12. The normalized spacial score (nSPS) is 16.3. The average molecular weight is 236 g/mol. The van der Waals surface area contributed by atoms with E-state index in [-0.39, 0.29) is 0 Å². The van der Waals surface area contributed by atoms with Crippen molar-refractivity contribution in [1.29, 1.82) is 0 Å². The summed E-state index contributed by atoms with van der Waals surface area (Å²) in [6.45, 7) is 1.37. The molecule has 1 saturated carbocycles. The maximum absolute atomic E-state index is 5.73. The average Bonchev–Trinajstić information content (AvgIpc) is 2.79. The number of hydrogen-bond acceptors (Lipinski definition) is 5. The number of rotatable bonds is 5. The van der Waals surface area contributed by atoms with Crippen molar-refractivity contribution >= 4 is 11.6 Å². The number of methoxy groups -OCH3 is 1. The number of anilines is 2. The summed E-state index contributed by atoms with van der Waals surface area (Å²) in [5.41, 5.74) is 5.73. The van der Waals surface area contributed by atoms with Gasteiger partial charge in [-0.3, -0.25) is 0 Å². The molecule has 0 atom stereocenters. The molecule has 17 heavy (non-hydrogen) atoms. The van der Waals surface area contributed by atoms with Crippen LogP contribution in [-0.4, -0.2) is 23.6 Å². The summed E-state index contributed by atoms with van der Waals surface area (Å²) in [7, 11) is 1.62. The molecule has 1 aromatic rings. The Morgan fingerprint density at radius 1 is 1.41 bits per heavy atom. The van der Waals surface area contributed by atoms with E-state index in [4.69, 9.17) is 10.5 Å². The summed E-state index contributed by atoms with van der Waals surface area (Å²) in [4.78, 5) is 8.46. The second-order valence-electron chi connectivity index (χ2n) is 4.56. The van der Waals surface area contributed by atoms with E-state index in [1.165, 1.54) is 25.7 Å². The predicted molar refractivity (Wildman–Crippen MR) is 67.6 cm³/mol. The summed E-state index contributed by atoms with van der Waals surface area (Å²) in [6.07, 6.45) is 5.34. The molecular formula is C12H20N4O. The zero-order valence-electron chi connectivity index (χ0n) is 10.3. The molecule has 1 heterocycles. The topological polar surface area (TPSA) is 73.1 Å². The lowest BCUT2D eigenvalue weighted by atomic mass is 10.1. The summed E-state index contributed by atoms with van der Waals surface area (Å²) in [5, 5.41) is 3.34. The fourth-order valence-electron chi connectivity index (χ4n) is 2.27. The van der Waals surface area contributed by atoms with Crippen LogP contribution < -0.4 is 11.1 Å². The van der Waals surface area contributed by atoms with Crippen LogP contribution in [0.4, 0.5) is 11.6 Å². The van der Waals surface area contributed by atoms with Gasteiger partial charge in [-0.2, -0.15) is 0 Å². The minimum absolute atomic E-state index is 0.392. The summed E-state index contributed by atoms with van der Waals surface area (Å²) in [5.74, 6) is 2.69. The Morgan fingerprint density at radius 3 is 2.88 bits per heavy atom. The second-order valence-corrected chi connectivity index (χ2v) is 4.56. The van der Waals surface area contributed by atoms with E-state index in [0.717, 1.165) is 18.3 Å². The highest BCUT2D eigenvalue weighted by atomic mass is 16.5. The molecular weight excluding hydrogens is 216 g/mol. The predicted octanol–water partition coefficient (Wildman–Crippen LogP) is 1.81. The fourth-order valence-corrected chi connectivity index (χ4v) is 2.27. The van der Waals surface area contributed by atoms with E-state index >= 15 is 0 Å². The van der Waals surface area contributed by atoms with Crippen molar-refractivity contribution in [3.63, 3.8) is 0 Å². The number of nitrogens with two attached hydrogens (primary N) is 1. The molecule has 1 aliphatic rings. The van der Waals surface area contributed by atoms with Gasteiger partial charge >= 0.3 is 0 Å². The first kappa shape index (κ1) is 12.1. The van der Waals surface area contributed by atoms with Crippen molar-refractivity contribution in [2.24, 2.45) is 5.92 Å². The maximum Gasteiger partial charge on any atom is 0.158 e. The van der Waals surface area contributed by atoms with Crippen LogP contribution in [0.25, 0.3) is 0 Å². The minimum atomic E-state index is 0.392. The van der Waals surface area contributed by atoms with Gasteiger partial charge in [0.15, 0.2) is 5.82 Å². The molecule has 0 saturated heterocycles. The van der Waals surface area contributed by atoms with Crippen LogP contribution >= 0.6 is 0 Å². The third kappa shape index (κ3) is 3.56. The summed E-state index contributed by atoms with van der Waals surface area (Å²) < 4.78 is 5.01. The SMILES string of the molecule is COCc1nc(N)cc(NCC2CCCC2)n1. The highest BCUT2D eigenvalue weighted by Crippen LogP contribution is 2.24. The number of aromatic nitrogens is 2. The Balaban J connectivity index is 1.94. The molecule has 1 aromatic heterocycles. The molecule has 0 radical (unpaired) electrons. The summed E-state index contributed by atoms with van der Waals surface area (Å²) >= 11 is 0. The first-order valence-electron chi connectivity index (χ1n) is 6.14. The Kier molecular flexibility index (Phi) is 4.14. The number of ether oxygens (including phenoxy) is 1. The van der Waals surface area contributed by atoms with Crippen molar-refractivity contribution in [3.05, 3.63) is 11.9 Å². The molecule has 0 amide bonds. The van der Waals surface area contributed by atoms with Gasteiger partial charge in [0.1, 0.15) is 18.2 Å². The molecule has 3 N–H and O–H groups in total. The van der Waals surface area contributed by atoms with E-state index in [2.05, 4.69) is 15.3 Å². The quantitative estimate of drug-likeness (QED) is 0.815. The molecule has 1 aliphatic carbocycles. The fraction of sp³-hybridized carbons (Fsp3) is 0.667. The number of nitrogens with zero attached hydrogens (tertiary/aromatic N) is 2. The van der Waals surface area contributed by atoms with Crippen LogP contribution in [0.5, 0.6) is 0 Å². The van der Waals surface area contributed by atoms with Crippen molar-refractivity contribution in [1.82, 2.24) is 9.97 Å². The molecule has 0 spiro atoms. The lowest BCUT2D eigenvalue weighted by molar-refractivity contribution is 0.178. The number of nitrogen functional groups attached to an aromatic ring is 1. The Hall–Kier alpha value is -1.36. The van der Waals surface area contributed by atoms with E-state index in [9.17, 15) is 0 Å². The summed E-state index contributed by atoms with van der Waals surface area (Å²) in [6, 6.07) is 1.77. The standard InChI is InChI=1S/C12H20N4O/c1-17-8-12-15-10(13)6-11(16-12)14-7-9-4-2-3-5-9/h6,9H,2-5,7-8H2,1H3,(H3,13,14,15,16). The van der Waals surface area contributed by atoms with Crippen LogP contribution in [0.15, 0.2) is 6.07 Å². The monoisotopic (exact) mass is 236 g/mol. The molecule has 0 unspecified atom stereocenters. The van der Waals surface area contributed by atoms with E-state index in [1.807, 2.05) is 0 Å². The van der Waals surface area contributed by atoms with Crippen LogP contribution in [0.1, 0.15) is 31.5 Å². The van der Waals surface area contributed by atoms with Crippen LogP contribution in [0.3, 0.4) is 0 Å². The third-order valence-corrected chi connectivity index (χ3v) is 3.11. The molecule has 94 valence electrons. The van der Waals surface area contributed by atoms with Crippen molar-refractivity contribution in [3.8, 4) is 0 Å². The molecule has 5 nitrogen and oxygen atoms in total. The Morgan fingerprint density at radius 2 is 2.18 bits per heavy atom. The van der Waals surface area contributed by atoms with E-state index in [1.54, 1.807) is 13.2 Å². The van der Waals surface area contributed by atoms with E-state index < -0.39 is 0 Å². The van der Waals surface area contributed by atoms with Crippen LogP contribution in [0.2, 0.25) is 0 Å². The lowest BCUT2D eigenvalue weighted by Crippen LogP contribution is -2.13. The van der Waals surface area contributed by atoms with Gasteiger partial charge < -0.3 is 15.8 Å². The van der Waals surface area contributed by atoms with Crippen molar-refractivity contribution in [2.75, 3.05) is 24.7 Å². The van der Waals surface area contributed by atoms with Crippen LogP contribution in [-0.2, 0) is 11.3 Å². The Labute approximate surface area is 102 Å². The van der Waals surface area contributed by atoms with Gasteiger partial charge in [-0.25, -0.2) is 9.97 Å². The third-order valence-electron chi connectivity index (χ3n) is 3.11. The molecule has 5 heteroatoms. The molecule has 0 aliphatic heterocycles. The van der Waals surface area contributed by atoms with Gasteiger partial charge in [0.2, 0.25) is 0 Å². The molecule has 1 fully saturated rings. The van der Waals surface area contributed by atoms with Crippen molar-refractivity contribution in [2.45, 2.75) is 32.3 Å². The highest BCUT2D eigenvalue weighted by molar-refractivity contribution is 5.44. The van der Waals surface area contributed by atoms with Crippen molar-refractivity contribution < 1.29 is 4.74 Å². The second kappa shape index (κ2) is 5.82. The van der Waals surface area contributed by atoms with Gasteiger partial charge in [0, 0.05) is 19.7 Å². The zero-order chi connectivity index (χ0) is 12.1. The molecule has 2 rings (SSSR count). The van der Waals surface area contributed by atoms with Crippen LogP contribution in [0, 0.1) is 5.92 Å². The molecule has 0 aromatic carbocycles. The zero-order valence-corrected chi connectivity index (χ0v) is 10.3. The van der Waals surface area contributed by atoms with Gasteiger partial charge in [-0.15, -0.1) is 0 Å². The smallest absolute Gasteiger partial charge is 0.158 e. The maximum atomic E-state index is 5.73.